The molecule has 3 atom stereocenters. The van der Waals surface area contributed by atoms with Gasteiger partial charge in [0.05, 0.1) is 12.8 Å². The molecule has 0 saturated carbocycles. The van der Waals surface area contributed by atoms with Gasteiger partial charge in [-0.3, -0.25) is 15.4 Å². The maximum atomic E-state index is 12.8. The maximum absolute atomic E-state index is 12.8. The van der Waals surface area contributed by atoms with Crippen molar-refractivity contribution in [2.75, 3.05) is 50.0 Å². The largest absolute Gasteiger partial charge is 0.495 e. The fourth-order valence-electron chi connectivity index (χ4n) is 3.62. The van der Waals surface area contributed by atoms with E-state index in [0.717, 1.165) is 11.0 Å². The van der Waals surface area contributed by atoms with Crippen LogP contribution < -0.4 is 36.6 Å². The minimum Gasteiger partial charge on any atom is -0.495 e. The van der Waals surface area contributed by atoms with Gasteiger partial charge in [-0.1, -0.05) is 18.7 Å². The number of anilines is 3. The Kier molecular flexibility index (Phi) is 8.15. The average molecular weight is 474 g/mol. The summed E-state index contributed by atoms with van der Waals surface area (Å²) < 4.78 is 23.9. The molecule has 1 aliphatic heterocycles. The molecule has 0 aromatic heterocycles. The number of rotatable bonds is 9. The molecule has 9 nitrogen and oxygen atoms in total. The molecule has 5 N–H and O–H groups in total. The third-order valence-electron chi connectivity index (χ3n) is 5.29. The molecule has 1 heterocycles. The zero-order valence-corrected chi connectivity index (χ0v) is 20.2. The van der Waals surface area contributed by atoms with Crippen LogP contribution in [0.1, 0.15) is 0 Å². The van der Waals surface area contributed by atoms with Gasteiger partial charge in [-0.25, -0.2) is 0 Å². The van der Waals surface area contributed by atoms with Crippen LogP contribution in [0.5, 0.6) is 5.75 Å². The van der Waals surface area contributed by atoms with Crippen LogP contribution in [0.4, 0.5) is 17.1 Å². The maximum Gasteiger partial charge on any atom is 0.247 e. The average Bonchev–Trinajstić information content (AvgIpc) is 2.79. The van der Waals surface area contributed by atoms with Crippen molar-refractivity contribution in [1.29, 1.82) is 0 Å². The van der Waals surface area contributed by atoms with Gasteiger partial charge >= 0.3 is 0 Å². The number of nitrogens with one attached hydrogen (secondary N) is 5. The lowest BCUT2D eigenvalue weighted by molar-refractivity contribution is -0.111. The fraction of sp³-hybridized carbons (Fsp3) is 0.348. The number of benzene rings is 2. The lowest BCUT2D eigenvalue weighted by Gasteiger charge is -2.39. The summed E-state index contributed by atoms with van der Waals surface area (Å²) in [5.41, 5.74) is 2.10. The van der Waals surface area contributed by atoms with Crippen molar-refractivity contribution in [3.63, 3.8) is 0 Å². The van der Waals surface area contributed by atoms with E-state index in [0.29, 0.717) is 23.7 Å². The van der Waals surface area contributed by atoms with Crippen molar-refractivity contribution in [2.45, 2.75) is 18.6 Å². The van der Waals surface area contributed by atoms with E-state index in [2.05, 4.69) is 33.2 Å². The van der Waals surface area contributed by atoms with Gasteiger partial charge in [0.2, 0.25) is 5.91 Å². The molecule has 10 heteroatoms. The van der Waals surface area contributed by atoms with Gasteiger partial charge in [0.25, 0.3) is 0 Å². The van der Waals surface area contributed by atoms with Crippen LogP contribution in [0.25, 0.3) is 0 Å². The highest BCUT2D eigenvalue weighted by Crippen LogP contribution is 2.37. The predicted molar refractivity (Wildman–Crippen MR) is 134 cm³/mol. The number of hydrogen-bond acceptors (Lipinski definition) is 8. The van der Waals surface area contributed by atoms with E-state index in [4.69, 9.17) is 9.47 Å². The second-order valence-electron chi connectivity index (χ2n) is 8.02. The van der Waals surface area contributed by atoms with Crippen LogP contribution in [-0.4, -0.2) is 58.6 Å². The SMILES string of the molecule is C=CC(=O)Nc1ccc(OC)c(NC2NCC(OC)C(Nc3ccccc3P(C)(C)=O)N2)c1. The zero-order chi connectivity index (χ0) is 24.0. The summed E-state index contributed by atoms with van der Waals surface area (Å²) in [6, 6.07) is 12.9. The van der Waals surface area contributed by atoms with E-state index in [9.17, 15) is 9.36 Å². The summed E-state index contributed by atoms with van der Waals surface area (Å²) in [7, 11) is 0.765. The van der Waals surface area contributed by atoms with Gasteiger partial charge in [0.15, 0.2) is 0 Å². The number of carbonyl (C=O) groups excluding carboxylic acids is 1. The summed E-state index contributed by atoms with van der Waals surface area (Å²) >= 11 is 0. The Morgan fingerprint density at radius 2 is 1.91 bits per heavy atom. The Hall–Kier alpha value is -2.84. The molecule has 1 aliphatic rings. The Bertz CT molecular complexity index is 1040. The topological polar surface area (TPSA) is 113 Å². The second-order valence-corrected chi connectivity index (χ2v) is 11.2. The normalized spacial score (nSPS) is 20.5. The molecule has 0 bridgehead atoms. The molecule has 3 rings (SSSR count). The second kappa shape index (κ2) is 10.9. The molecular weight excluding hydrogens is 441 g/mol. The molecule has 2 aromatic carbocycles. The van der Waals surface area contributed by atoms with Crippen molar-refractivity contribution in [1.82, 2.24) is 10.6 Å². The smallest absolute Gasteiger partial charge is 0.247 e. The van der Waals surface area contributed by atoms with Crippen LogP contribution in [0, 0.1) is 0 Å². The number of carbonyl (C=O) groups is 1. The lowest BCUT2D eigenvalue weighted by Crippen LogP contribution is -2.66. The van der Waals surface area contributed by atoms with E-state index in [1.807, 2.05) is 24.3 Å². The highest BCUT2D eigenvalue weighted by molar-refractivity contribution is 7.70. The van der Waals surface area contributed by atoms with Gasteiger partial charge in [0.1, 0.15) is 31.5 Å². The summed E-state index contributed by atoms with van der Waals surface area (Å²) in [5.74, 6) is 0.326. The Morgan fingerprint density at radius 3 is 2.58 bits per heavy atom. The molecule has 0 radical (unpaired) electrons. The molecule has 1 fully saturated rings. The Morgan fingerprint density at radius 1 is 1.15 bits per heavy atom. The standard InChI is InChI=1S/C23H32N5O4P/c1-6-21(29)25-15-11-12-18(31-2)17(13-15)27-23-24-14-19(32-3)22(28-23)26-16-9-7-8-10-20(16)33(4,5)30/h6-13,19,22-24,26-28H,1,14H2,2-5H3,(H,25,29). The van der Waals surface area contributed by atoms with Crippen molar-refractivity contribution in [2.24, 2.45) is 0 Å². The first-order valence-electron chi connectivity index (χ1n) is 10.6. The van der Waals surface area contributed by atoms with Crippen LogP contribution in [-0.2, 0) is 14.1 Å². The predicted octanol–water partition coefficient (Wildman–Crippen LogP) is 2.41. The first-order chi connectivity index (χ1) is 15.7. The highest BCUT2D eigenvalue weighted by Gasteiger charge is 2.31. The van der Waals surface area contributed by atoms with Crippen molar-refractivity contribution < 1.29 is 18.8 Å². The van der Waals surface area contributed by atoms with Crippen molar-refractivity contribution >= 4 is 35.4 Å². The van der Waals surface area contributed by atoms with Crippen LogP contribution >= 0.6 is 7.14 Å². The van der Waals surface area contributed by atoms with E-state index < -0.39 is 7.14 Å². The molecular formula is C23H32N5O4P. The van der Waals surface area contributed by atoms with Gasteiger partial charge < -0.3 is 30.0 Å². The van der Waals surface area contributed by atoms with Gasteiger partial charge in [-0.15, -0.1) is 0 Å². The monoisotopic (exact) mass is 473 g/mol. The molecule has 0 spiro atoms. The molecule has 1 saturated heterocycles. The summed E-state index contributed by atoms with van der Waals surface area (Å²) in [6.07, 6.45) is 0.433. The van der Waals surface area contributed by atoms with Gasteiger partial charge in [-0.2, -0.15) is 0 Å². The quantitative estimate of drug-likeness (QED) is 0.279. The third kappa shape index (κ3) is 6.36. The zero-order valence-electron chi connectivity index (χ0n) is 19.3. The molecule has 33 heavy (non-hydrogen) atoms. The fourth-order valence-corrected chi connectivity index (χ4v) is 4.79. The number of methoxy groups -OCH3 is 2. The summed E-state index contributed by atoms with van der Waals surface area (Å²) in [4.78, 5) is 11.7. The number of amides is 1. The van der Waals surface area contributed by atoms with E-state index >= 15 is 0 Å². The first kappa shape index (κ1) is 24.8. The number of ether oxygens (including phenoxy) is 2. The van der Waals surface area contributed by atoms with Crippen LogP contribution in [0.2, 0.25) is 0 Å². The van der Waals surface area contributed by atoms with Crippen LogP contribution in [0.3, 0.4) is 0 Å². The Labute approximate surface area is 194 Å². The molecule has 0 aliphatic carbocycles. The van der Waals surface area contributed by atoms with Gasteiger partial charge in [0, 0.05) is 30.3 Å². The van der Waals surface area contributed by atoms with Crippen molar-refractivity contribution in [3.05, 3.63) is 55.1 Å². The molecule has 2 aromatic rings. The van der Waals surface area contributed by atoms with E-state index in [1.54, 1.807) is 45.7 Å². The summed E-state index contributed by atoms with van der Waals surface area (Å²) in [6.45, 7) is 7.55. The number of para-hydroxylation sites is 1. The third-order valence-corrected chi connectivity index (χ3v) is 6.84. The minimum atomic E-state index is -2.47. The van der Waals surface area contributed by atoms with Crippen LogP contribution in [0.15, 0.2) is 55.1 Å². The minimum absolute atomic E-state index is 0.177. The molecule has 178 valence electrons. The first-order valence-corrected chi connectivity index (χ1v) is 13.2. The van der Waals surface area contributed by atoms with Gasteiger partial charge in [-0.05, 0) is 49.7 Å². The van der Waals surface area contributed by atoms with E-state index in [1.165, 1.54) is 6.08 Å². The molecule has 3 unspecified atom stereocenters. The van der Waals surface area contributed by atoms with Crippen molar-refractivity contribution in [3.8, 4) is 5.75 Å². The molecule has 1 amide bonds. The van der Waals surface area contributed by atoms with E-state index in [-0.39, 0.29) is 24.5 Å². The highest BCUT2D eigenvalue weighted by atomic mass is 31.2. The lowest BCUT2D eigenvalue weighted by atomic mass is 10.2. The summed E-state index contributed by atoms with van der Waals surface area (Å²) in [5, 5.41) is 17.2. The Balaban J connectivity index is 1.79. The number of hydrogen-bond donors (Lipinski definition) is 5.